The molecule has 114 valence electrons. The Bertz CT molecular complexity index is 542. The number of aryl methyl sites for hydroxylation is 2. The van der Waals surface area contributed by atoms with Crippen LogP contribution in [-0.2, 0) is 14.1 Å². The molecular formula is C16H24BNO3. The van der Waals surface area contributed by atoms with Crippen LogP contribution in [0.1, 0.15) is 45.7 Å². The molecular weight excluding hydrogens is 265 g/mol. The lowest BCUT2D eigenvalue weighted by atomic mass is 9.73. The molecule has 1 aromatic carbocycles. The van der Waals surface area contributed by atoms with Gasteiger partial charge in [0.1, 0.15) is 0 Å². The van der Waals surface area contributed by atoms with Gasteiger partial charge < -0.3 is 14.6 Å². The van der Waals surface area contributed by atoms with Crippen LogP contribution in [0.2, 0.25) is 0 Å². The first-order valence-corrected chi connectivity index (χ1v) is 7.28. The number of carbonyl (C=O) groups excluding carboxylic acids is 1. The minimum Gasteiger partial charge on any atom is -0.399 e. The van der Waals surface area contributed by atoms with Crippen molar-refractivity contribution in [2.24, 2.45) is 0 Å². The third-order valence-corrected chi connectivity index (χ3v) is 4.40. The third kappa shape index (κ3) is 2.99. The standard InChI is InChI=1S/C16H24BNO3/c1-10-8-13(18-12(3)19)9-11(2)14(10)17-20-15(4,5)16(6,7)21-17/h8-9H,1-7H3,(H,18,19). The maximum absolute atomic E-state index is 11.2. The average molecular weight is 289 g/mol. The molecule has 5 heteroatoms. The normalized spacial score (nSPS) is 19.7. The van der Waals surface area contributed by atoms with Gasteiger partial charge in [-0.05, 0) is 70.3 Å². The summed E-state index contributed by atoms with van der Waals surface area (Å²) in [5, 5.41) is 2.82. The first-order chi connectivity index (χ1) is 9.53. The predicted molar refractivity (Wildman–Crippen MR) is 85.9 cm³/mol. The molecule has 1 aliphatic heterocycles. The van der Waals surface area contributed by atoms with Gasteiger partial charge in [0.05, 0.1) is 11.2 Å². The average Bonchev–Trinajstić information content (AvgIpc) is 2.44. The van der Waals surface area contributed by atoms with E-state index in [-0.39, 0.29) is 24.2 Å². The van der Waals surface area contributed by atoms with Gasteiger partial charge in [-0.25, -0.2) is 0 Å². The molecule has 1 aromatic rings. The van der Waals surface area contributed by atoms with Crippen molar-refractivity contribution < 1.29 is 14.1 Å². The Morgan fingerprint density at radius 1 is 1.05 bits per heavy atom. The summed E-state index contributed by atoms with van der Waals surface area (Å²) < 4.78 is 12.2. The lowest BCUT2D eigenvalue weighted by Crippen LogP contribution is -2.41. The molecule has 21 heavy (non-hydrogen) atoms. The highest BCUT2D eigenvalue weighted by Crippen LogP contribution is 2.37. The summed E-state index contributed by atoms with van der Waals surface area (Å²) in [6.45, 7) is 13.7. The highest BCUT2D eigenvalue weighted by Gasteiger charge is 2.52. The molecule has 1 heterocycles. The van der Waals surface area contributed by atoms with Gasteiger partial charge >= 0.3 is 7.12 Å². The Kier molecular flexibility index (Phi) is 3.93. The zero-order valence-corrected chi connectivity index (χ0v) is 14.0. The van der Waals surface area contributed by atoms with Gasteiger partial charge in [0.15, 0.2) is 0 Å². The molecule has 0 aromatic heterocycles. The van der Waals surface area contributed by atoms with Crippen LogP contribution in [0.15, 0.2) is 12.1 Å². The molecule has 1 aliphatic rings. The molecule has 1 fully saturated rings. The van der Waals surface area contributed by atoms with E-state index in [0.29, 0.717) is 0 Å². The molecule has 0 radical (unpaired) electrons. The molecule has 1 N–H and O–H groups in total. The molecule has 0 spiro atoms. The maximum Gasteiger partial charge on any atom is 0.495 e. The fourth-order valence-electron chi connectivity index (χ4n) is 2.58. The molecule has 1 amide bonds. The van der Waals surface area contributed by atoms with E-state index >= 15 is 0 Å². The SMILES string of the molecule is CC(=O)Nc1cc(C)c(B2OC(C)(C)C(C)(C)O2)c(C)c1. The van der Waals surface area contributed by atoms with Gasteiger partial charge in [0, 0.05) is 12.6 Å². The fraction of sp³-hybridized carbons (Fsp3) is 0.562. The van der Waals surface area contributed by atoms with Crippen LogP contribution in [0.25, 0.3) is 0 Å². The van der Waals surface area contributed by atoms with E-state index in [1.165, 1.54) is 6.92 Å². The fourth-order valence-corrected chi connectivity index (χ4v) is 2.58. The third-order valence-electron chi connectivity index (χ3n) is 4.40. The smallest absolute Gasteiger partial charge is 0.399 e. The van der Waals surface area contributed by atoms with Crippen LogP contribution in [-0.4, -0.2) is 24.2 Å². The summed E-state index contributed by atoms with van der Waals surface area (Å²) in [6.07, 6.45) is 0. The Labute approximate surface area is 127 Å². The van der Waals surface area contributed by atoms with Crippen molar-refractivity contribution in [3.8, 4) is 0 Å². The van der Waals surface area contributed by atoms with E-state index in [9.17, 15) is 4.79 Å². The number of hydrogen-bond donors (Lipinski definition) is 1. The second-order valence-electron chi connectivity index (χ2n) is 6.79. The minimum atomic E-state index is -0.374. The Hall–Kier alpha value is -1.33. The van der Waals surface area contributed by atoms with Crippen molar-refractivity contribution in [2.45, 2.75) is 59.7 Å². The number of benzene rings is 1. The summed E-state index contributed by atoms with van der Waals surface area (Å²) in [4.78, 5) is 11.2. The molecule has 0 aliphatic carbocycles. The zero-order chi connectivity index (χ0) is 16.0. The van der Waals surface area contributed by atoms with Crippen molar-refractivity contribution in [3.05, 3.63) is 23.3 Å². The van der Waals surface area contributed by atoms with Gasteiger partial charge in [-0.2, -0.15) is 0 Å². The van der Waals surface area contributed by atoms with Gasteiger partial charge in [-0.3, -0.25) is 4.79 Å². The molecule has 0 atom stereocenters. The Morgan fingerprint density at radius 3 is 1.86 bits per heavy atom. The predicted octanol–water partition coefficient (Wildman–Crippen LogP) is 2.56. The molecule has 1 saturated heterocycles. The highest BCUT2D eigenvalue weighted by molar-refractivity contribution is 6.63. The molecule has 4 nitrogen and oxygen atoms in total. The zero-order valence-electron chi connectivity index (χ0n) is 14.0. The van der Waals surface area contributed by atoms with E-state index < -0.39 is 0 Å². The highest BCUT2D eigenvalue weighted by atomic mass is 16.7. The van der Waals surface area contributed by atoms with Crippen LogP contribution in [0.5, 0.6) is 0 Å². The first-order valence-electron chi connectivity index (χ1n) is 7.28. The van der Waals surface area contributed by atoms with Crippen LogP contribution >= 0.6 is 0 Å². The van der Waals surface area contributed by atoms with E-state index in [0.717, 1.165) is 22.3 Å². The maximum atomic E-state index is 11.2. The van der Waals surface area contributed by atoms with Crippen LogP contribution < -0.4 is 10.8 Å². The monoisotopic (exact) mass is 289 g/mol. The van der Waals surface area contributed by atoms with E-state index in [4.69, 9.17) is 9.31 Å². The van der Waals surface area contributed by atoms with E-state index in [1.54, 1.807) is 0 Å². The van der Waals surface area contributed by atoms with Crippen molar-refractivity contribution >= 4 is 24.2 Å². The lowest BCUT2D eigenvalue weighted by Gasteiger charge is -2.32. The topological polar surface area (TPSA) is 47.6 Å². The summed E-state index contributed by atoms with van der Waals surface area (Å²) in [5.41, 5.74) is 3.25. The number of carbonyl (C=O) groups is 1. The molecule has 0 bridgehead atoms. The summed E-state index contributed by atoms with van der Waals surface area (Å²) in [6, 6.07) is 3.91. The summed E-state index contributed by atoms with van der Waals surface area (Å²) in [5.74, 6) is -0.0721. The Morgan fingerprint density at radius 2 is 1.48 bits per heavy atom. The first kappa shape index (κ1) is 16.1. The lowest BCUT2D eigenvalue weighted by molar-refractivity contribution is -0.114. The molecule has 0 unspecified atom stereocenters. The van der Waals surface area contributed by atoms with E-state index in [2.05, 4.69) is 5.32 Å². The minimum absolute atomic E-state index is 0.0721. The second-order valence-corrected chi connectivity index (χ2v) is 6.79. The van der Waals surface area contributed by atoms with Crippen LogP contribution in [0, 0.1) is 13.8 Å². The van der Waals surface area contributed by atoms with Crippen molar-refractivity contribution in [1.29, 1.82) is 0 Å². The van der Waals surface area contributed by atoms with Crippen molar-refractivity contribution in [3.63, 3.8) is 0 Å². The summed E-state index contributed by atoms with van der Waals surface area (Å²) in [7, 11) is -0.374. The summed E-state index contributed by atoms with van der Waals surface area (Å²) >= 11 is 0. The second kappa shape index (κ2) is 5.14. The number of amides is 1. The Balaban J connectivity index is 2.36. The van der Waals surface area contributed by atoms with Crippen LogP contribution in [0.4, 0.5) is 5.69 Å². The number of rotatable bonds is 2. The number of anilines is 1. The number of nitrogens with one attached hydrogen (secondary N) is 1. The quantitative estimate of drug-likeness (QED) is 0.851. The van der Waals surface area contributed by atoms with E-state index in [1.807, 2.05) is 53.7 Å². The number of hydrogen-bond acceptors (Lipinski definition) is 3. The van der Waals surface area contributed by atoms with Gasteiger partial charge in [-0.15, -0.1) is 0 Å². The van der Waals surface area contributed by atoms with Crippen LogP contribution in [0.3, 0.4) is 0 Å². The van der Waals surface area contributed by atoms with Gasteiger partial charge in [-0.1, -0.05) is 0 Å². The van der Waals surface area contributed by atoms with Crippen molar-refractivity contribution in [1.82, 2.24) is 0 Å². The molecule has 2 rings (SSSR count). The largest absolute Gasteiger partial charge is 0.495 e. The van der Waals surface area contributed by atoms with Crippen molar-refractivity contribution in [2.75, 3.05) is 5.32 Å². The molecule has 0 saturated carbocycles. The van der Waals surface area contributed by atoms with Gasteiger partial charge in [0.25, 0.3) is 0 Å². The van der Waals surface area contributed by atoms with Gasteiger partial charge in [0.2, 0.25) is 5.91 Å².